The van der Waals surface area contributed by atoms with Crippen molar-refractivity contribution in [1.82, 2.24) is 15.5 Å². The van der Waals surface area contributed by atoms with E-state index in [1.165, 1.54) is 4.90 Å². The summed E-state index contributed by atoms with van der Waals surface area (Å²) in [4.78, 5) is 64.5. The number of rotatable bonds is 12. The molecule has 0 saturated carbocycles. The predicted octanol–water partition coefficient (Wildman–Crippen LogP) is -4.08. The number of aliphatic carboxylic acids is 1. The second kappa shape index (κ2) is 12.3. The molecule has 1 saturated heterocycles. The van der Waals surface area contributed by atoms with E-state index >= 15 is 0 Å². The molecule has 3 atom stereocenters. The number of carbonyl (C=O) groups excluding carboxylic acids is 4. The van der Waals surface area contributed by atoms with Crippen molar-refractivity contribution in [3.63, 3.8) is 0 Å². The van der Waals surface area contributed by atoms with Gasteiger partial charge in [-0.05, 0) is 25.7 Å². The highest BCUT2D eigenvalue weighted by molar-refractivity contribution is 5.95. The zero-order chi connectivity index (χ0) is 23.6. The number of nitrogens with zero attached hydrogens (tertiary/aromatic N) is 2. The molecule has 3 unspecified atom stereocenters. The Bertz CT molecular complexity index is 723. The molecule has 1 aliphatic rings. The van der Waals surface area contributed by atoms with Crippen molar-refractivity contribution in [2.75, 3.05) is 19.6 Å². The molecule has 14 heteroatoms. The second-order valence-corrected chi connectivity index (χ2v) is 7.09. The molecule has 0 radical (unpaired) electrons. The number of carboxylic acids is 1. The minimum Gasteiger partial charge on any atom is -0.480 e. The van der Waals surface area contributed by atoms with E-state index < -0.39 is 60.7 Å². The van der Waals surface area contributed by atoms with Crippen LogP contribution in [0.4, 0.5) is 0 Å². The van der Waals surface area contributed by atoms with Crippen LogP contribution in [0.25, 0.3) is 0 Å². The molecule has 4 amide bonds. The molecule has 1 fully saturated rings. The average molecular weight is 442 g/mol. The molecule has 0 spiro atoms. The first-order valence-electron chi connectivity index (χ1n) is 9.72. The molecular formula is C17H30N8O6. The van der Waals surface area contributed by atoms with Crippen molar-refractivity contribution >= 4 is 35.6 Å². The number of nitrogens with two attached hydrogens (primary N) is 4. The van der Waals surface area contributed by atoms with Crippen LogP contribution in [0.15, 0.2) is 4.99 Å². The molecule has 174 valence electrons. The average Bonchev–Trinajstić information content (AvgIpc) is 3.16. The van der Waals surface area contributed by atoms with Crippen LogP contribution in [0.2, 0.25) is 0 Å². The third-order valence-electron chi connectivity index (χ3n) is 4.57. The molecule has 1 heterocycles. The first-order chi connectivity index (χ1) is 14.5. The molecular weight excluding hydrogens is 412 g/mol. The van der Waals surface area contributed by atoms with Gasteiger partial charge in [-0.1, -0.05) is 0 Å². The lowest BCUT2D eigenvalue weighted by molar-refractivity contribution is -0.143. The van der Waals surface area contributed by atoms with Crippen LogP contribution < -0.4 is 33.6 Å². The Balaban J connectivity index is 2.90. The van der Waals surface area contributed by atoms with Gasteiger partial charge < -0.3 is 43.6 Å². The largest absolute Gasteiger partial charge is 0.480 e. The van der Waals surface area contributed by atoms with Gasteiger partial charge in [-0.15, -0.1) is 0 Å². The summed E-state index contributed by atoms with van der Waals surface area (Å²) in [5.41, 5.74) is 21.2. The highest BCUT2D eigenvalue weighted by Crippen LogP contribution is 2.20. The maximum atomic E-state index is 13.1. The fourth-order valence-corrected chi connectivity index (χ4v) is 3.13. The third kappa shape index (κ3) is 8.86. The zero-order valence-electron chi connectivity index (χ0n) is 17.1. The number of hydrogen-bond acceptors (Lipinski definition) is 7. The molecule has 0 aliphatic carbocycles. The zero-order valence-corrected chi connectivity index (χ0v) is 17.1. The summed E-state index contributed by atoms with van der Waals surface area (Å²) in [6, 6.07) is -3.14. The van der Waals surface area contributed by atoms with Gasteiger partial charge in [0.1, 0.15) is 18.6 Å². The van der Waals surface area contributed by atoms with Crippen LogP contribution >= 0.6 is 0 Å². The second-order valence-electron chi connectivity index (χ2n) is 7.09. The minimum atomic E-state index is -1.24. The number of carboxylic acid groups (broad SMARTS) is 1. The van der Waals surface area contributed by atoms with Gasteiger partial charge in [-0.3, -0.25) is 29.0 Å². The highest BCUT2D eigenvalue weighted by atomic mass is 16.4. The summed E-state index contributed by atoms with van der Waals surface area (Å²) in [5.74, 6) is -3.97. The van der Waals surface area contributed by atoms with Crippen molar-refractivity contribution < 1.29 is 29.1 Å². The summed E-state index contributed by atoms with van der Waals surface area (Å²) in [6.45, 7) is -0.104. The maximum absolute atomic E-state index is 13.1. The van der Waals surface area contributed by atoms with Crippen LogP contribution in [0.1, 0.15) is 32.1 Å². The minimum absolute atomic E-state index is 0.120. The highest BCUT2D eigenvalue weighted by Gasteiger charge is 2.38. The first-order valence-corrected chi connectivity index (χ1v) is 9.72. The topological polar surface area (TPSA) is 249 Å². The van der Waals surface area contributed by atoms with E-state index in [-0.39, 0.29) is 25.5 Å². The Kier molecular flexibility index (Phi) is 10.2. The number of guanidine groups is 1. The summed E-state index contributed by atoms with van der Waals surface area (Å²) in [5, 5.41) is 13.5. The lowest BCUT2D eigenvalue weighted by Crippen LogP contribution is -2.56. The fourth-order valence-electron chi connectivity index (χ4n) is 3.13. The van der Waals surface area contributed by atoms with Crippen LogP contribution in [0, 0.1) is 0 Å². The first kappa shape index (κ1) is 25.6. The van der Waals surface area contributed by atoms with E-state index in [4.69, 9.17) is 28.0 Å². The molecule has 14 nitrogen and oxygen atoms in total. The van der Waals surface area contributed by atoms with Gasteiger partial charge in [0.25, 0.3) is 0 Å². The quantitative estimate of drug-likeness (QED) is 0.0880. The standard InChI is InChI=1S/C17H30N8O6/c18-9(7-12(19)26)14(29)24-10(3-1-5-22-17(20)21)16(31)25-6-2-4-11(25)15(30)23-8-13(27)28/h9-11H,1-8,18H2,(H2,19,26)(H,23,30)(H,24,29)(H,27,28)(H4,20,21,22). The van der Waals surface area contributed by atoms with Gasteiger partial charge in [0.15, 0.2) is 5.96 Å². The van der Waals surface area contributed by atoms with Crippen molar-refractivity contribution in [2.45, 2.75) is 50.2 Å². The Morgan fingerprint density at radius 1 is 1.16 bits per heavy atom. The Hall–Kier alpha value is -3.42. The van der Waals surface area contributed by atoms with E-state index in [2.05, 4.69) is 15.6 Å². The van der Waals surface area contributed by atoms with Crippen LogP contribution in [-0.2, 0) is 24.0 Å². The van der Waals surface area contributed by atoms with Gasteiger partial charge >= 0.3 is 5.97 Å². The van der Waals surface area contributed by atoms with E-state index in [1.807, 2.05) is 0 Å². The summed E-state index contributed by atoms with van der Waals surface area (Å²) >= 11 is 0. The van der Waals surface area contributed by atoms with Gasteiger partial charge in [0.2, 0.25) is 23.6 Å². The number of likely N-dealkylation sites (tertiary alicyclic amines) is 1. The summed E-state index contributed by atoms with van der Waals surface area (Å²) in [7, 11) is 0. The molecule has 11 N–H and O–H groups in total. The monoisotopic (exact) mass is 442 g/mol. The van der Waals surface area contributed by atoms with Crippen molar-refractivity contribution in [1.29, 1.82) is 0 Å². The SMILES string of the molecule is NC(=O)CC(N)C(=O)NC(CCCN=C(N)N)C(=O)N1CCCC1C(=O)NCC(=O)O. The van der Waals surface area contributed by atoms with Gasteiger partial charge in [0.05, 0.1) is 12.5 Å². The molecule has 1 aliphatic heterocycles. The van der Waals surface area contributed by atoms with Crippen LogP contribution in [-0.4, -0.2) is 83.3 Å². The molecule has 0 aromatic carbocycles. The number of primary amides is 1. The molecule has 0 bridgehead atoms. The molecule has 0 aromatic rings. The Morgan fingerprint density at radius 3 is 2.42 bits per heavy atom. The lowest BCUT2D eigenvalue weighted by atomic mass is 10.1. The van der Waals surface area contributed by atoms with Crippen LogP contribution in [0.3, 0.4) is 0 Å². The summed E-state index contributed by atoms with van der Waals surface area (Å²) in [6.07, 6.45) is 0.971. The number of hydrogen-bond donors (Lipinski definition) is 7. The molecule has 0 aromatic heterocycles. The van der Waals surface area contributed by atoms with Gasteiger partial charge in [0, 0.05) is 13.1 Å². The molecule has 31 heavy (non-hydrogen) atoms. The Morgan fingerprint density at radius 2 is 1.84 bits per heavy atom. The van der Waals surface area contributed by atoms with Crippen molar-refractivity contribution in [2.24, 2.45) is 27.9 Å². The van der Waals surface area contributed by atoms with E-state index in [9.17, 15) is 24.0 Å². The summed E-state index contributed by atoms with van der Waals surface area (Å²) < 4.78 is 0. The lowest BCUT2D eigenvalue weighted by Gasteiger charge is -2.29. The van der Waals surface area contributed by atoms with E-state index in [1.54, 1.807) is 0 Å². The van der Waals surface area contributed by atoms with Gasteiger partial charge in [-0.2, -0.15) is 0 Å². The molecule has 1 rings (SSSR count). The maximum Gasteiger partial charge on any atom is 0.322 e. The van der Waals surface area contributed by atoms with E-state index in [0.717, 1.165) is 0 Å². The van der Waals surface area contributed by atoms with Crippen molar-refractivity contribution in [3.05, 3.63) is 0 Å². The fraction of sp³-hybridized carbons (Fsp3) is 0.647. The number of aliphatic imine (C=N–C) groups is 1. The Labute approximate surface area is 178 Å². The normalized spacial score (nSPS) is 17.3. The van der Waals surface area contributed by atoms with Gasteiger partial charge in [-0.25, -0.2) is 0 Å². The van der Waals surface area contributed by atoms with Crippen molar-refractivity contribution in [3.8, 4) is 0 Å². The van der Waals surface area contributed by atoms with E-state index in [0.29, 0.717) is 19.3 Å². The smallest absolute Gasteiger partial charge is 0.322 e. The van der Waals surface area contributed by atoms with Crippen LogP contribution in [0.5, 0.6) is 0 Å². The number of carbonyl (C=O) groups is 5. The number of nitrogens with one attached hydrogen (secondary N) is 2. The third-order valence-corrected chi connectivity index (χ3v) is 4.57. The number of amides is 4. The predicted molar refractivity (Wildman–Crippen MR) is 109 cm³/mol.